The summed E-state index contributed by atoms with van der Waals surface area (Å²) in [5, 5.41) is 1.90. The second-order valence-electron chi connectivity index (χ2n) is 19.5. The number of rotatable bonds is 6. The normalized spacial score (nSPS) is 16.0. The standard InChI is InChI=1S/3C21H19N3O2/c3*1-26-14-16-7-10-20-23-19-12-15(5-8-17-4-2-3-11-22-17)6-9-18(19)21(25)24(20)13-16/h3*2-4,6,9,11-12,16H,7,10,13-14H2,1H3. The molecule has 9 heterocycles. The first-order chi connectivity index (χ1) is 38.2. The van der Waals surface area contributed by atoms with Gasteiger partial charge in [0.25, 0.3) is 16.7 Å². The lowest BCUT2D eigenvalue weighted by Crippen LogP contribution is -2.34. The fraction of sp³-hybridized carbons (Fsp3) is 0.286. The number of hydrogen-bond acceptors (Lipinski definition) is 12. The number of aryl methyl sites for hydroxylation is 3. The van der Waals surface area contributed by atoms with Crippen molar-refractivity contribution in [2.24, 2.45) is 17.8 Å². The highest BCUT2D eigenvalue weighted by Crippen LogP contribution is 2.23. The van der Waals surface area contributed by atoms with Gasteiger partial charge >= 0.3 is 0 Å². The van der Waals surface area contributed by atoms with Crippen LogP contribution < -0.4 is 16.7 Å². The lowest BCUT2D eigenvalue weighted by Gasteiger charge is -2.25. The Hall–Kier alpha value is -8.91. The second-order valence-corrected chi connectivity index (χ2v) is 19.5. The Bertz CT molecular complexity index is 3600. The van der Waals surface area contributed by atoms with E-state index in [-0.39, 0.29) is 16.7 Å². The predicted octanol–water partition coefficient (Wildman–Crippen LogP) is 7.20. The van der Waals surface area contributed by atoms with Crippen molar-refractivity contribution in [3.05, 3.63) is 210 Å². The van der Waals surface area contributed by atoms with Crippen molar-refractivity contribution < 1.29 is 14.2 Å². The van der Waals surface area contributed by atoms with Crippen molar-refractivity contribution in [2.75, 3.05) is 41.2 Å². The molecule has 6 aromatic heterocycles. The first-order valence-corrected chi connectivity index (χ1v) is 26.1. The summed E-state index contributed by atoms with van der Waals surface area (Å²) in [5.41, 5.74) is 6.83. The SMILES string of the molecule is COCC1CCc2nc3cc(C#Cc4ccccn4)ccc3c(=O)n2C1.COCC1CCc2nc3cc(C#Cc4ccccn4)ccc3c(=O)n2C1.COCC1CCc2nc3cc(C#Cc4ccccn4)ccc3c(=O)n2C1. The molecule has 3 aliphatic heterocycles. The van der Waals surface area contributed by atoms with E-state index in [9.17, 15) is 14.4 Å². The van der Waals surface area contributed by atoms with Crippen LogP contribution in [0.15, 0.2) is 142 Å². The molecule has 0 saturated carbocycles. The van der Waals surface area contributed by atoms with E-state index in [0.29, 0.717) is 89.9 Å². The van der Waals surface area contributed by atoms with Crippen molar-refractivity contribution in [1.29, 1.82) is 0 Å². The summed E-state index contributed by atoms with van der Waals surface area (Å²) in [7, 11) is 5.10. The van der Waals surface area contributed by atoms with Crippen LogP contribution in [0.25, 0.3) is 32.7 Å². The summed E-state index contributed by atoms with van der Waals surface area (Å²) in [6, 6.07) is 33.6. The largest absolute Gasteiger partial charge is 0.384 e. The van der Waals surface area contributed by atoms with Gasteiger partial charge in [-0.05, 0) is 128 Å². The van der Waals surface area contributed by atoms with Crippen LogP contribution in [-0.2, 0) is 53.1 Å². The van der Waals surface area contributed by atoms with E-state index in [0.717, 1.165) is 89.8 Å². The van der Waals surface area contributed by atoms with Crippen LogP contribution in [-0.4, -0.2) is 84.8 Å². The van der Waals surface area contributed by atoms with Gasteiger partial charge in [0.1, 0.15) is 34.6 Å². The maximum absolute atomic E-state index is 12.8. The van der Waals surface area contributed by atoms with Crippen LogP contribution in [0.2, 0.25) is 0 Å². The Balaban J connectivity index is 0.000000132. The van der Waals surface area contributed by atoms with Gasteiger partial charge < -0.3 is 14.2 Å². The fourth-order valence-electron chi connectivity index (χ4n) is 10.1. The minimum atomic E-state index is 0.0232. The fourth-order valence-corrected chi connectivity index (χ4v) is 10.1. The van der Waals surface area contributed by atoms with Crippen LogP contribution >= 0.6 is 0 Å². The Morgan fingerprint density at radius 2 is 0.731 bits per heavy atom. The molecule has 3 unspecified atom stereocenters. The van der Waals surface area contributed by atoms with Gasteiger partial charge in [-0.2, -0.15) is 0 Å². The topological polar surface area (TPSA) is 171 Å². The summed E-state index contributed by atoms with van der Waals surface area (Å²) >= 11 is 0. The average molecular weight is 1040 g/mol. The Labute approximate surface area is 451 Å². The molecule has 0 spiro atoms. The zero-order chi connectivity index (χ0) is 53.8. The molecular formula is C63H57N9O6. The lowest BCUT2D eigenvalue weighted by atomic mass is 9.99. The van der Waals surface area contributed by atoms with Crippen LogP contribution in [0.5, 0.6) is 0 Å². The summed E-state index contributed by atoms with van der Waals surface area (Å²) in [4.78, 5) is 65.3. The summed E-state index contributed by atoms with van der Waals surface area (Å²) in [6.07, 6.45) is 10.5. The zero-order valence-corrected chi connectivity index (χ0v) is 43.8. The van der Waals surface area contributed by atoms with Gasteiger partial charge in [0.05, 0.1) is 52.5 Å². The summed E-state index contributed by atoms with van der Waals surface area (Å²) in [5.74, 6) is 22.1. The first kappa shape index (κ1) is 52.5. The third kappa shape index (κ3) is 12.5. The maximum Gasteiger partial charge on any atom is 0.261 e. The van der Waals surface area contributed by atoms with Crippen LogP contribution in [0, 0.1) is 53.3 Å². The minimum absolute atomic E-state index is 0.0232. The van der Waals surface area contributed by atoms with Crippen molar-refractivity contribution >= 4 is 32.7 Å². The molecule has 0 radical (unpaired) electrons. The van der Waals surface area contributed by atoms with E-state index in [1.807, 2.05) is 109 Å². The van der Waals surface area contributed by atoms with Crippen molar-refractivity contribution in [1.82, 2.24) is 43.6 Å². The monoisotopic (exact) mass is 1040 g/mol. The van der Waals surface area contributed by atoms with E-state index in [1.165, 1.54) is 0 Å². The number of hydrogen-bond donors (Lipinski definition) is 0. The summed E-state index contributed by atoms with van der Waals surface area (Å²) < 4.78 is 21.1. The highest BCUT2D eigenvalue weighted by molar-refractivity contribution is 5.81. The van der Waals surface area contributed by atoms with Gasteiger partial charge in [0.15, 0.2) is 0 Å². The molecule has 0 bridgehead atoms. The average Bonchev–Trinajstić information content (AvgIpc) is 3.53. The first-order valence-electron chi connectivity index (χ1n) is 26.1. The third-order valence-corrected chi connectivity index (χ3v) is 14.0. The molecule has 0 aliphatic carbocycles. The molecule has 0 amide bonds. The Morgan fingerprint density at radius 3 is 1.00 bits per heavy atom. The van der Waals surface area contributed by atoms with Gasteiger partial charge in [-0.1, -0.05) is 36.0 Å². The molecular weight excluding hydrogens is 979 g/mol. The van der Waals surface area contributed by atoms with Gasteiger partial charge in [-0.25, -0.2) is 29.9 Å². The molecule has 9 aromatic rings. The number of benzene rings is 3. The van der Waals surface area contributed by atoms with Gasteiger partial charge in [0.2, 0.25) is 0 Å². The molecule has 12 rings (SSSR count). The Kier molecular flexibility index (Phi) is 16.7. The van der Waals surface area contributed by atoms with Crippen molar-refractivity contribution in [3.8, 4) is 35.5 Å². The predicted molar refractivity (Wildman–Crippen MR) is 300 cm³/mol. The number of fused-ring (bicyclic) bond motifs is 6. The number of pyridine rings is 3. The number of nitrogens with zero attached hydrogens (tertiary/aromatic N) is 9. The molecule has 15 heteroatoms. The number of methoxy groups -OCH3 is 3. The molecule has 3 aromatic carbocycles. The van der Waals surface area contributed by atoms with Crippen LogP contribution in [0.4, 0.5) is 0 Å². The number of aromatic nitrogens is 9. The molecule has 390 valence electrons. The molecule has 0 N–H and O–H groups in total. The smallest absolute Gasteiger partial charge is 0.261 e. The van der Waals surface area contributed by atoms with E-state index < -0.39 is 0 Å². The Morgan fingerprint density at radius 1 is 0.423 bits per heavy atom. The third-order valence-electron chi connectivity index (χ3n) is 14.0. The van der Waals surface area contributed by atoms with E-state index >= 15 is 0 Å². The molecule has 3 aliphatic rings. The molecule has 3 atom stereocenters. The summed E-state index contributed by atoms with van der Waals surface area (Å²) in [6.45, 7) is 4.04. The highest BCUT2D eigenvalue weighted by Gasteiger charge is 2.24. The van der Waals surface area contributed by atoms with Gasteiger partial charge in [-0.3, -0.25) is 28.1 Å². The molecule has 15 nitrogen and oxygen atoms in total. The second kappa shape index (κ2) is 24.8. The lowest BCUT2D eigenvalue weighted by molar-refractivity contribution is 0.130. The van der Waals surface area contributed by atoms with Crippen molar-refractivity contribution in [3.63, 3.8) is 0 Å². The van der Waals surface area contributed by atoms with Crippen LogP contribution in [0.3, 0.4) is 0 Å². The number of ether oxygens (including phenoxy) is 3. The van der Waals surface area contributed by atoms with Gasteiger partial charge in [0, 0.05) is 113 Å². The van der Waals surface area contributed by atoms with E-state index in [4.69, 9.17) is 29.2 Å². The van der Waals surface area contributed by atoms with Gasteiger partial charge in [-0.15, -0.1) is 0 Å². The maximum atomic E-state index is 12.8. The quantitative estimate of drug-likeness (QED) is 0.154. The highest BCUT2D eigenvalue weighted by atomic mass is 16.5. The van der Waals surface area contributed by atoms with E-state index in [2.05, 4.69) is 50.5 Å². The van der Waals surface area contributed by atoms with Crippen LogP contribution in [0.1, 0.15) is 70.5 Å². The molecule has 0 saturated heterocycles. The zero-order valence-electron chi connectivity index (χ0n) is 43.8. The van der Waals surface area contributed by atoms with E-state index in [1.54, 1.807) is 53.6 Å². The minimum Gasteiger partial charge on any atom is -0.384 e. The van der Waals surface area contributed by atoms with Crippen molar-refractivity contribution in [2.45, 2.75) is 58.2 Å². The molecule has 78 heavy (non-hydrogen) atoms. The molecule has 0 fully saturated rings.